The standard InChI is InChI=1S/C16H22N2OS/c1-12(2)10-17-9-8-16-18-11-14(19-16)13-6-4-5-7-15(13)20-3/h4-7,11-12,17H,8-10H2,1-3H3. The van der Waals surface area contributed by atoms with Gasteiger partial charge in [-0.25, -0.2) is 4.98 Å². The molecule has 3 nitrogen and oxygen atoms in total. The Morgan fingerprint density at radius 2 is 2.10 bits per heavy atom. The van der Waals surface area contributed by atoms with Crippen LogP contribution in [0.2, 0.25) is 0 Å². The minimum atomic E-state index is 0.670. The van der Waals surface area contributed by atoms with E-state index in [2.05, 4.69) is 42.5 Å². The van der Waals surface area contributed by atoms with E-state index in [1.807, 2.05) is 18.3 Å². The van der Waals surface area contributed by atoms with Gasteiger partial charge in [0.25, 0.3) is 0 Å². The third-order valence-electron chi connectivity index (χ3n) is 2.99. The molecule has 1 aromatic carbocycles. The van der Waals surface area contributed by atoms with Gasteiger partial charge in [-0.1, -0.05) is 32.0 Å². The fourth-order valence-corrected chi connectivity index (χ4v) is 2.59. The first kappa shape index (κ1) is 15.1. The summed E-state index contributed by atoms with van der Waals surface area (Å²) in [6.45, 7) is 6.34. The van der Waals surface area contributed by atoms with Gasteiger partial charge in [-0.05, 0) is 24.8 Å². The normalized spacial score (nSPS) is 11.2. The highest BCUT2D eigenvalue weighted by atomic mass is 32.2. The Morgan fingerprint density at radius 1 is 1.30 bits per heavy atom. The van der Waals surface area contributed by atoms with Crippen LogP contribution in [0.1, 0.15) is 19.7 Å². The van der Waals surface area contributed by atoms with Crippen LogP contribution in [-0.2, 0) is 6.42 Å². The summed E-state index contributed by atoms with van der Waals surface area (Å²) in [5, 5.41) is 3.40. The molecular weight excluding hydrogens is 268 g/mol. The lowest BCUT2D eigenvalue weighted by Gasteiger charge is -2.05. The molecule has 0 unspecified atom stereocenters. The number of thioether (sulfide) groups is 1. The van der Waals surface area contributed by atoms with Crippen molar-refractivity contribution in [1.29, 1.82) is 0 Å². The molecule has 20 heavy (non-hydrogen) atoms. The quantitative estimate of drug-likeness (QED) is 0.621. The predicted octanol–water partition coefficient (Wildman–Crippen LogP) is 3.85. The number of nitrogens with zero attached hydrogens (tertiary/aromatic N) is 1. The number of aromatic nitrogens is 1. The van der Waals surface area contributed by atoms with E-state index in [9.17, 15) is 0 Å². The Hall–Kier alpha value is -1.26. The summed E-state index contributed by atoms with van der Waals surface area (Å²) in [5.41, 5.74) is 1.12. The molecule has 0 amide bonds. The number of nitrogens with one attached hydrogen (secondary N) is 1. The molecule has 0 saturated carbocycles. The SMILES string of the molecule is CSc1ccccc1-c1cnc(CCNCC(C)C)o1. The number of hydrogen-bond donors (Lipinski definition) is 1. The van der Waals surface area contributed by atoms with E-state index < -0.39 is 0 Å². The topological polar surface area (TPSA) is 38.1 Å². The molecule has 0 spiro atoms. The van der Waals surface area contributed by atoms with Crippen molar-refractivity contribution >= 4 is 11.8 Å². The molecule has 4 heteroatoms. The van der Waals surface area contributed by atoms with Crippen LogP contribution in [0.5, 0.6) is 0 Å². The van der Waals surface area contributed by atoms with Crippen molar-refractivity contribution in [2.24, 2.45) is 5.92 Å². The molecule has 1 aromatic heterocycles. The average Bonchev–Trinajstić information content (AvgIpc) is 2.92. The van der Waals surface area contributed by atoms with E-state index in [1.165, 1.54) is 4.90 Å². The van der Waals surface area contributed by atoms with Gasteiger partial charge >= 0.3 is 0 Å². The van der Waals surface area contributed by atoms with Crippen LogP contribution in [0.3, 0.4) is 0 Å². The summed E-state index contributed by atoms with van der Waals surface area (Å²) in [6, 6.07) is 8.25. The maximum absolute atomic E-state index is 5.85. The van der Waals surface area contributed by atoms with Crippen LogP contribution in [0.4, 0.5) is 0 Å². The van der Waals surface area contributed by atoms with E-state index in [0.29, 0.717) is 5.92 Å². The zero-order valence-electron chi connectivity index (χ0n) is 12.3. The van der Waals surface area contributed by atoms with Gasteiger partial charge in [0.2, 0.25) is 0 Å². The lowest BCUT2D eigenvalue weighted by atomic mass is 10.2. The molecule has 0 bridgehead atoms. The molecule has 0 atom stereocenters. The van der Waals surface area contributed by atoms with Crippen LogP contribution in [0, 0.1) is 5.92 Å². The zero-order valence-corrected chi connectivity index (χ0v) is 13.2. The lowest BCUT2D eigenvalue weighted by molar-refractivity contribution is 0.482. The summed E-state index contributed by atoms with van der Waals surface area (Å²) in [7, 11) is 0. The van der Waals surface area contributed by atoms with E-state index >= 15 is 0 Å². The Morgan fingerprint density at radius 3 is 2.85 bits per heavy atom. The zero-order chi connectivity index (χ0) is 14.4. The molecule has 0 aliphatic heterocycles. The summed E-state index contributed by atoms with van der Waals surface area (Å²) in [5.74, 6) is 2.32. The van der Waals surface area contributed by atoms with Gasteiger partial charge in [0.1, 0.15) is 0 Å². The monoisotopic (exact) mass is 290 g/mol. The molecule has 1 N–H and O–H groups in total. The number of hydrogen-bond acceptors (Lipinski definition) is 4. The summed E-state index contributed by atoms with van der Waals surface area (Å²) < 4.78 is 5.85. The molecule has 2 aromatic rings. The van der Waals surface area contributed by atoms with E-state index in [-0.39, 0.29) is 0 Å². The summed E-state index contributed by atoms with van der Waals surface area (Å²) in [4.78, 5) is 5.58. The molecule has 108 valence electrons. The van der Waals surface area contributed by atoms with Gasteiger partial charge in [0.15, 0.2) is 11.7 Å². The summed E-state index contributed by atoms with van der Waals surface area (Å²) >= 11 is 1.72. The molecule has 0 aliphatic rings. The van der Waals surface area contributed by atoms with E-state index in [4.69, 9.17) is 4.42 Å². The first-order valence-electron chi connectivity index (χ1n) is 6.99. The molecule has 0 aliphatic carbocycles. The van der Waals surface area contributed by atoms with Crippen molar-refractivity contribution in [1.82, 2.24) is 10.3 Å². The van der Waals surface area contributed by atoms with Gasteiger partial charge in [0.05, 0.1) is 6.20 Å². The first-order chi connectivity index (χ1) is 9.70. The smallest absolute Gasteiger partial charge is 0.196 e. The second-order valence-corrected chi connectivity index (χ2v) is 6.01. The third-order valence-corrected chi connectivity index (χ3v) is 3.79. The van der Waals surface area contributed by atoms with E-state index in [1.54, 1.807) is 11.8 Å². The minimum absolute atomic E-state index is 0.670. The van der Waals surface area contributed by atoms with Crippen molar-refractivity contribution in [3.8, 4) is 11.3 Å². The third kappa shape index (κ3) is 4.12. The van der Waals surface area contributed by atoms with Crippen molar-refractivity contribution in [3.05, 3.63) is 36.4 Å². The van der Waals surface area contributed by atoms with Crippen LogP contribution >= 0.6 is 11.8 Å². The second kappa shape index (κ2) is 7.50. The average molecular weight is 290 g/mol. The summed E-state index contributed by atoms with van der Waals surface area (Å²) in [6.07, 6.45) is 4.73. The number of rotatable bonds is 7. The van der Waals surface area contributed by atoms with Crippen LogP contribution < -0.4 is 5.32 Å². The Bertz CT molecular complexity index is 537. The first-order valence-corrected chi connectivity index (χ1v) is 8.22. The van der Waals surface area contributed by atoms with Gasteiger partial charge in [-0.3, -0.25) is 0 Å². The molecule has 0 saturated heterocycles. The van der Waals surface area contributed by atoms with Crippen LogP contribution in [0.15, 0.2) is 39.8 Å². The fraction of sp³-hybridized carbons (Fsp3) is 0.438. The molecule has 0 fully saturated rings. The van der Waals surface area contributed by atoms with E-state index in [0.717, 1.165) is 36.7 Å². The highest BCUT2D eigenvalue weighted by Gasteiger charge is 2.09. The van der Waals surface area contributed by atoms with Gasteiger partial charge in [-0.2, -0.15) is 0 Å². The van der Waals surface area contributed by atoms with Crippen molar-refractivity contribution in [2.75, 3.05) is 19.3 Å². The highest BCUT2D eigenvalue weighted by Crippen LogP contribution is 2.30. The Labute approximate surface area is 125 Å². The van der Waals surface area contributed by atoms with Crippen molar-refractivity contribution in [3.63, 3.8) is 0 Å². The highest BCUT2D eigenvalue weighted by molar-refractivity contribution is 7.98. The molecule has 1 heterocycles. The minimum Gasteiger partial charge on any atom is -0.441 e. The Balaban J connectivity index is 1.98. The largest absolute Gasteiger partial charge is 0.441 e. The van der Waals surface area contributed by atoms with Crippen molar-refractivity contribution < 1.29 is 4.42 Å². The van der Waals surface area contributed by atoms with Gasteiger partial charge in [0, 0.05) is 23.4 Å². The Kier molecular flexibility index (Phi) is 5.68. The van der Waals surface area contributed by atoms with Gasteiger partial charge in [-0.15, -0.1) is 11.8 Å². The fourth-order valence-electron chi connectivity index (χ4n) is 1.98. The maximum Gasteiger partial charge on any atom is 0.196 e. The molecular formula is C16H22N2OS. The molecule has 2 rings (SSSR count). The van der Waals surface area contributed by atoms with Crippen LogP contribution in [0.25, 0.3) is 11.3 Å². The van der Waals surface area contributed by atoms with Crippen molar-refractivity contribution in [2.45, 2.75) is 25.2 Å². The second-order valence-electron chi connectivity index (χ2n) is 5.17. The number of benzene rings is 1. The molecule has 0 radical (unpaired) electrons. The van der Waals surface area contributed by atoms with Crippen LogP contribution in [-0.4, -0.2) is 24.3 Å². The lowest BCUT2D eigenvalue weighted by Crippen LogP contribution is -2.22. The number of oxazole rings is 1. The maximum atomic E-state index is 5.85. The van der Waals surface area contributed by atoms with Gasteiger partial charge < -0.3 is 9.73 Å². The predicted molar refractivity (Wildman–Crippen MR) is 85.1 cm³/mol.